The fourth-order valence-corrected chi connectivity index (χ4v) is 2.87. The molecule has 152 valence electrons. The molecule has 1 aliphatic rings. The summed E-state index contributed by atoms with van der Waals surface area (Å²) in [6.45, 7) is 1.71. The smallest absolute Gasteiger partial charge is 0.347 e. The maximum atomic E-state index is 12.1. The Labute approximate surface area is 165 Å². The van der Waals surface area contributed by atoms with Gasteiger partial charge in [0.05, 0.1) is 0 Å². The summed E-state index contributed by atoms with van der Waals surface area (Å²) in [6.07, 6.45) is 7.16. The van der Waals surface area contributed by atoms with Crippen LogP contribution in [0.3, 0.4) is 0 Å². The van der Waals surface area contributed by atoms with Crippen LogP contribution in [0.2, 0.25) is 0 Å². The maximum absolute atomic E-state index is 12.1. The first-order valence-electron chi connectivity index (χ1n) is 9.72. The minimum atomic E-state index is -0.812. The van der Waals surface area contributed by atoms with Crippen LogP contribution in [0.15, 0.2) is 42.0 Å². The minimum absolute atomic E-state index is 0.395. The van der Waals surface area contributed by atoms with Crippen LogP contribution in [0.5, 0.6) is 5.75 Å². The van der Waals surface area contributed by atoms with Crippen LogP contribution in [-0.2, 0) is 14.3 Å². The Kier molecular flexibility index (Phi) is 9.04. The van der Waals surface area contributed by atoms with Gasteiger partial charge < -0.3 is 14.8 Å². The molecule has 0 aromatic heterocycles. The lowest BCUT2D eigenvalue weighted by Gasteiger charge is -2.16. The molecule has 1 aromatic rings. The first-order valence-corrected chi connectivity index (χ1v) is 9.72. The van der Waals surface area contributed by atoms with E-state index >= 15 is 0 Å². The van der Waals surface area contributed by atoms with Crippen molar-refractivity contribution in [1.82, 2.24) is 10.6 Å². The molecule has 0 spiro atoms. The van der Waals surface area contributed by atoms with Crippen molar-refractivity contribution in [1.29, 1.82) is 0 Å². The fourth-order valence-electron chi connectivity index (χ4n) is 2.87. The molecule has 2 rings (SSSR count). The van der Waals surface area contributed by atoms with Crippen LogP contribution in [0.1, 0.15) is 45.4 Å². The summed E-state index contributed by atoms with van der Waals surface area (Å²) in [5.41, 5.74) is 1.34. The Morgan fingerprint density at radius 3 is 2.61 bits per heavy atom. The Hall–Kier alpha value is -2.83. The maximum Gasteiger partial charge on any atom is 0.347 e. The molecular formula is C21H28N2O5. The van der Waals surface area contributed by atoms with Crippen LogP contribution in [0.4, 0.5) is 4.79 Å². The van der Waals surface area contributed by atoms with Crippen LogP contribution in [0, 0.1) is 0 Å². The van der Waals surface area contributed by atoms with E-state index in [1.807, 2.05) is 6.07 Å². The van der Waals surface area contributed by atoms with Crippen LogP contribution < -0.4 is 15.4 Å². The predicted molar refractivity (Wildman–Crippen MR) is 105 cm³/mol. The number of carbonyl (C=O) groups excluding carboxylic acids is 3. The number of amides is 3. The Morgan fingerprint density at radius 1 is 1.14 bits per heavy atom. The van der Waals surface area contributed by atoms with Gasteiger partial charge in [0.25, 0.3) is 5.91 Å². The number of para-hydroxylation sites is 1. The highest BCUT2D eigenvalue weighted by molar-refractivity contribution is 5.95. The summed E-state index contributed by atoms with van der Waals surface area (Å²) in [6, 6.07) is 8.31. The third-order valence-corrected chi connectivity index (χ3v) is 4.37. The zero-order chi connectivity index (χ0) is 20.2. The van der Waals surface area contributed by atoms with Crippen molar-refractivity contribution < 1.29 is 23.9 Å². The van der Waals surface area contributed by atoms with Crippen molar-refractivity contribution in [2.75, 3.05) is 13.2 Å². The van der Waals surface area contributed by atoms with Gasteiger partial charge in [-0.2, -0.15) is 0 Å². The molecule has 1 aliphatic carbocycles. The summed E-state index contributed by atoms with van der Waals surface area (Å²) in [5.74, 6) is -0.786. The van der Waals surface area contributed by atoms with Crippen molar-refractivity contribution >= 4 is 17.9 Å². The van der Waals surface area contributed by atoms with Crippen LogP contribution in [0.25, 0.3) is 0 Å². The first kappa shape index (κ1) is 21.5. The second kappa shape index (κ2) is 11.8. The monoisotopic (exact) mass is 388 g/mol. The van der Waals surface area contributed by atoms with Crippen molar-refractivity contribution in [2.24, 2.45) is 0 Å². The molecule has 0 saturated heterocycles. The van der Waals surface area contributed by atoms with Gasteiger partial charge in [-0.05, 0) is 50.7 Å². The second-order valence-electron chi connectivity index (χ2n) is 6.60. The third-order valence-electron chi connectivity index (χ3n) is 4.37. The number of allylic oxidation sites excluding steroid dienone is 1. The number of urea groups is 1. The van der Waals surface area contributed by atoms with E-state index in [0.717, 1.165) is 19.3 Å². The number of benzene rings is 1. The number of rotatable bonds is 9. The largest absolute Gasteiger partial charge is 0.479 e. The van der Waals surface area contributed by atoms with Crippen molar-refractivity contribution in [2.45, 2.75) is 51.6 Å². The topological polar surface area (TPSA) is 93.7 Å². The molecule has 3 amide bonds. The zero-order valence-corrected chi connectivity index (χ0v) is 16.2. The van der Waals surface area contributed by atoms with Gasteiger partial charge in [-0.1, -0.05) is 36.8 Å². The Balaban J connectivity index is 1.65. The highest BCUT2D eigenvalue weighted by atomic mass is 16.6. The number of hydrogen-bond donors (Lipinski definition) is 2. The van der Waals surface area contributed by atoms with Crippen LogP contribution >= 0.6 is 0 Å². The molecule has 1 atom stereocenters. The van der Waals surface area contributed by atoms with Crippen molar-refractivity contribution in [3.8, 4) is 5.75 Å². The van der Waals surface area contributed by atoms with E-state index in [1.54, 1.807) is 31.2 Å². The van der Waals surface area contributed by atoms with E-state index in [1.165, 1.54) is 18.4 Å². The van der Waals surface area contributed by atoms with Crippen molar-refractivity contribution in [3.05, 3.63) is 42.0 Å². The third kappa shape index (κ3) is 7.82. The molecule has 2 N–H and O–H groups in total. The summed E-state index contributed by atoms with van der Waals surface area (Å²) in [5, 5.41) is 4.79. The van der Waals surface area contributed by atoms with E-state index in [0.29, 0.717) is 18.7 Å². The number of nitrogens with one attached hydrogen (secondary N) is 2. The molecule has 28 heavy (non-hydrogen) atoms. The number of ether oxygens (including phenoxy) is 2. The molecule has 7 nitrogen and oxygen atoms in total. The number of hydrogen-bond acceptors (Lipinski definition) is 5. The quantitative estimate of drug-likeness (QED) is 0.501. The van der Waals surface area contributed by atoms with Gasteiger partial charge in [-0.25, -0.2) is 9.59 Å². The summed E-state index contributed by atoms with van der Waals surface area (Å²) < 4.78 is 10.5. The molecule has 0 unspecified atom stereocenters. The van der Waals surface area contributed by atoms with Gasteiger partial charge in [-0.15, -0.1) is 0 Å². The lowest BCUT2D eigenvalue weighted by atomic mass is 9.97. The van der Waals surface area contributed by atoms with E-state index in [4.69, 9.17) is 9.47 Å². The zero-order valence-electron chi connectivity index (χ0n) is 16.2. The highest BCUT2D eigenvalue weighted by Crippen LogP contribution is 2.19. The molecule has 0 saturated carbocycles. The van der Waals surface area contributed by atoms with Crippen LogP contribution in [-0.4, -0.2) is 37.2 Å². The average molecular weight is 388 g/mol. The molecule has 0 radical (unpaired) electrons. The molecule has 7 heteroatoms. The molecule has 0 aliphatic heterocycles. The molecule has 1 aromatic carbocycles. The molecule has 0 fully saturated rings. The highest BCUT2D eigenvalue weighted by Gasteiger charge is 2.21. The number of esters is 1. The van der Waals surface area contributed by atoms with Crippen molar-refractivity contribution in [3.63, 3.8) is 0 Å². The van der Waals surface area contributed by atoms with Gasteiger partial charge in [0.15, 0.2) is 12.7 Å². The second-order valence-corrected chi connectivity index (χ2v) is 6.60. The molecule has 0 bridgehead atoms. The number of carbonyl (C=O) groups is 3. The summed E-state index contributed by atoms with van der Waals surface area (Å²) in [4.78, 5) is 35.6. The summed E-state index contributed by atoms with van der Waals surface area (Å²) >= 11 is 0. The molecule has 0 heterocycles. The number of imide groups is 1. The Morgan fingerprint density at radius 2 is 1.93 bits per heavy atom. The fraction of sp³-hybridized carbons (Fsp3) is 0.476. The standard InChI is InChI=1S/C21H28N2O5/c1-2-18(28-17-11-7-4-8-12-17)20(25)27-15-19(24)23-21(26)22-14-13-16-9-5-3-6-10-16/h4,7-9,11-12,18H,2-3,5-6,10,13-15H2,1H3,(H2,22,23,24,26)/t18-/m1/s1. The average Bonchev–Trinajstić information content (AvgIpc) is 2.71. The van der Waals surface area contributed by atoms with E-state index in [9.17, 15) is 14.4 Å². The van der Waals surface area contributed by atoms with Gasteiger partial charge in [0.2, 0.25) is 0 Å². The normalized spacial score (nSPS) is 14.4. The summed E-state index contributed by atoms with van der Waals surface area (Å²) in [7, 11) is 0. The SMILES string of the molecule is CC[C@@H](Oc1ccccc1)C(=O)OCC(=O)NC(=O)NCCC1=CCCCC1. The van der Waals surface area contributed by atoms with Gasteiger partial charge in [0, 0.05) is 6.54 Å². The Bertz CT molecular complexity index is 687. The van der Waals surface area contributed by atoms with E-state index in [-0.39, 0.29) is 0 Å². The predicted octanol–water partition coefficient (Wildman–Crippen LogP) is 3.10. The lowest BCUT2D eigenvalue weighted by molar-refractivity contribution is -0.155. The van der Waals surface area contributed by atoms with Gasteiger partial charge in [0.1, 0.15) is 5.75 Å². The minimum Gasteiger partial charge on any atom is -0.479 e. The van der Waals surface area contributed by atoms with Gasteiger partial charge >= 0.3 is 12.0 Å². The molecular weight excluding hydrogens is 360 g/mol. The first-order chi connectivity index (χ1) is 13.6. The van der Waals surface area contributed by atoms with E-state index < -0.39 is 30.6 Å². The van der Waals surface area contributed by atoms with Gasteiger partial charge in [-0.3, -0.25) is 10.1 Å². The van der Waals surface area contributed by atoms with E-state index in [2.05, 4.69) is 16.7 Å². The lowest BCUT2D eigenvalue weighted by Crippen LogP contribution is -2.42.